The van der Waals surface area contributed by atoms with E-state index in [0.717, 1.165) is 0 Å². The predicted molar refractivity (Wildman–Crippen MR) is 114 cm³/mol. The topological polar surface area (TPSA) is 208 Å². The minimum Gasteiger partial charge on any atom is -0.481 e. The number of carbonyl (C=O) groups is 5. The monoisotopic (exact) mass is 460 g/mol. The van der Waals surface area contributed by atoms with E-state index in [4.69, 9.17) is 15.9 Å². The Balaban J connectivity index is 5.32. The van der Waals surface area contributed by atoms with Gasteiger partial charge in [-0.05, 0) is 18.3 Å². The minimum absolute atomic E-state index is 0.120. The Morgan fingerprint density at radius 3 is 1.78 bits per heavy atom. The zero-order chi connectivity index (χ0) is 25.0. The maximum atomic E-state index is 12.8. The number of aliphatic hydroxyl groups is 1. The molecule has 0 heterocycles. The second-order valence-electron chi connectivity index (χ2n) is 7.86. The summed E-state index contributed by atoms with van der Waals surface area (Å²) in [5, 5.41) is 34.4. The van der Waals surface area contributed by atoms with Gasteiger partial charge in [-0.2, -0.15) is 0 Å². The number of hydrogen-bond donors (Lipinski definition) is 7. The average molecular weight is 461 g/mol. The molecule has 0 bridgehead atoms. The molecule has 0 saturated carbocycles. The van der Waals surface area contributed by atoms with E-state index in [9.17, 15) is 29.1 Å². The van der Waals surface area contributed by atoms with Crippen LogP contribution in [0.5, 0.6) is 0 Å². The van der Waals surface area contributed by atoms with Crippen molar-refractivity contribution < 1.29 is 39.3 Å². The lowest BCUT2D eigenvalue weighted by Crippen LogP contribution is -2.59. The number of aliphatic carboxylic acids is 2. The van der Waals surface area contributed by atoms with E-state index in [-0.39, 0.29) is 18.3 Å². The first-order chi connectivity index (χ1) is 14.9. The molecule has 0 radical (unpaired) electrons. The van der Waals surface area contributed by atoms with Gasteiger partial charge in [0.2, 0.25) is 17.7 Å². The maximum absolute atomic E-state index is 12.8. The Morgan fingerprint density at radius 2 is 1.34 bits per heavy atom. The summed E-state index contributed by atoms with van der Waals surface area (Å²) >= 11 is 0. The van der Waals surface area contributed by atoms with Gasteiger partial charge in [-0.1, -0.05) is 40.5 Å². The molecule has 0 saturated heterocycles. The molecule has 6 atom stereocenters. The molecular formula is C20H36N4O8. The summed E-state index contributed by atoms with van der Waals surface area (Å²) in [4.78, 5) is 59.6. The Morgan fingerprint density at radius 1 is 0.812 bits per heavy atom. The number of nitrogens with one attached hydrogen (secondary N) is 3. The molecule has 0 aliphatic rings. The summed E-state index contributed by atoms with van der Waals surface area (Å²) in [6, 6.07) is -4.88. The molecule has 0 aromatic heterocycles. The van der Waals surface area contributed by atoms with Crippen molar-refractivity contribution in [2.24, 2.45) is 17.6 Å². The molecule has 8 N–H and O–H groups in total. The molecule has 0 spiro atoms. The molecule has 12 nitrogen and oxygen atoms in total. The highest BCUT2D eigenvalue weighted by Gasteiger charge is 2.33. The summed E-state index contributed by atoms with van der Waals surface area (Å²) in [7, 11) is 0. The molecule has 0 fully saturated rings. The van der Waals surface area contributed by atoms with Crippen LogP contribution < -0.4 is 21.7 Å². The second kappa shape index (κ2) is 14.4. The van der Waals surface area contributed by atoms with Gasteiger partial charge >= 0.3 is 11.9 Å². The Hall–Kier alpha value is -2.73. The maximum Gasteiger partial charge on any atom is 0.326 e. The smallest absolute Gasteiger partial charge is 0.326 e. The fourth-order valence-electron chi connectivity index (χ4n) is 2.72. The van der Waals surface area contributed by atoms with Crippen molar-refractivity contribution in [2.75, 3.05) is 6.61 Å². The molecule has 32 heavy (non-hydrogen) atoms. The molecule has 184 valence electrons. The van der Waals surface area contributed by atoms with Gasteiger partial charge in [0.1, 0.15) is 18.1 Å². The lowest BCUT2D eigenvalue weighted by molar-refractivity contribution is -0.143. The number of hydrogen-bond acceptors (Lipinski definition) is 7. The van der Waals surface area contributed by atoms with Crippen molar-refractivity contribution in [1.29, 1.82) is 0 Å². The van der Waals surface area contributed by atoms with Crippen LogP contribution in [-0.4, -0.2) is 75.8 Å². The SMILES string of the molecule is CCC(C)C(N)C(=O)NC(C(=O)NC(CO)C(=O)NC(CCC(=O)O)C(=O)O)C(C)CC. The average Bonchev–Trinajstić information content (AvgIpc) is 2.75. The van der Waals surface area contributed by atoms with Crippen molar-refractivity contribution in [3.05, 3.63) is 0 Å². The number of carboxylic acid groups (broad SMARTS) is 2. The van der Waals surface area contributed by atoms with Crippen molar-refractivity contribution in [3.8, 4) is 0 Å². The third kappa shape index (κ3) is 9.60. The molecular weight excluding hydrogens is 424 g/mol. The van der Waals surface area contributed by atoms with Crippen LogP contribution >= 0.6 is 0 Å². The van der Waals surface area contributed by atoms with E-state index in [0.29, 0.717) is 12.8 Å². The van der Waals surface area contributed by atoms with Gasteiger partial charge in [-0.15, -0.1) is 0 Å². The molecule has 0 aliphatic carbocycles. The quantitative estimate of drug-likeness (QED) is 0.156. The fraction of sp³-hybridized carbons (Fsp3) is 0.750. The van der Waals surface area contributed by atoms with Crippen LogP contribution in [0.15, 0.2) is 0 Å². The Kier molecular flexibility index (Phi) is 13.1. The minimum atomic E-state index is -1.51. The van der Waals surface area contributed by atoms with E-state index < -0.39 is 66.9 Å². The summed E-state index contributed by atoms with van der Waals surface area (Å²) in [5.41, 5.74) is 5.92. The molecule has 6 unspecified atom stereocenters. The summed E-state index contributed by atoms with van der Waals surface area (Å²) < 4.78 is 0. The highest BCUT2D eigenvalue weighted by molar-refractivity contribution is 5.94. The van der Waals surface area contributed by atoms with Gasteiger partial charge in [0.05, 0.1) is 12.6 Å². The van der Waals surface area contributed by atoms with Crippen LogP contribution in [0.25, 0.3) is 0 Å². The van der Waals surface area contributed by atoms with Crippen molar-refractivity contribution in [1.82, 2.24) is 16.0 Å². The van der Waals surface area contributed by atoms with Crippen LogP contribution in [0, 0.1) is 11.8 Å². The predicted octanol–water partition coefficient (Wildman–Crippen LogP) is -1.20. The Labute approximate surface area is 187 Å². The molecule has 0 aromatic rings. The number of carboxylic acids is 2. The van der Waals surface area contributed by atoms with E-state index in [1.54, 1.807) is 13.8 Å². The number of amides is 3. The van der Waals surface area contributed by atoms with Crippen molar-refractivity contribution in [3.63, 3.8) is 0 Å². The van der Waals surface area contributed by atoms with E-state index in [1.807, 2.05) is 13.8 Å². The van der Waals surface area contributed by atoms with Crippen LogP contribution in [-0.2, 0) is 24.0 Å². The lowest BCUT2D eigenvalue weighted by Gasteiger charge is -2.28. The third-order valence-electron chi connectivity index (χ3n) is 5.43. The van der Waals surface area contributed by atoms with Gasteiger partial charge in [0.25, 0.3) is 0 Å². The zero-order valence-corrected chi connectivity index (χ0v) is 19.0. The first kappa shape index (κ1) is 29.3. The normalized spacial score (nSPS) is 16.6. The largest absolute Gasteiger partial charge is 0.481 e. The number of carbonyl (C=O) groups excluding carboxylic acids is 3. The van der Waals surface area contributed by atoms with E-state index >= 15 is 0 Å². The van der Waals surface area contributed by atoms with E-state index in [2.05, 4.69) is 16.0 Å². The van der Waals surface area contributed by atoms with Crippen LogP contribution in [0.4, 0.5) is 0 Å². The third-order valence-corrected chi connectivity index (χ3v) is 5.43. The standard InChI is InChI=1S/C20H36N4O8/c1-5-10(3)15(21)18(29)24-16(11(4)6-2)19(30)23-13(9-25)17(28)22-12(20(31)32)7-8-14(26)27/h10-13,15-16,25H,5-9,21H2,1-4H3,(H,22,28)(H,23,30)(H,24,29)(H,26,27)(H,31,32). The lowest BCUT2D eigenvalue weighted by atomic mass is 9.95. The van der Waals surface area contributed by atoms with Crippen molar-refractivity contribution >= 4 is 29.7 Å². The number of aliphatic hydroxyl groups excluding tert-OH is 1. The molecule has 0 aromatic carbocycles. The van der Waals surface area contributed by atoms with Gasteiger partial charge in [0.15, 0.2) is 0 Å². The highest BCUT2D eigenvalue weighted by atomic mass is 16.4. The first-order valence-corrected chi connectivity index (χ1v) is 10.6. The first-order valence-electron chi connectivity index (χ1n) is 10.6. The molecule has 0 aliphatic heterocycles. The Bertz CT molecular complexity index is 672. The second-order valence-corrected chi connectivity index (χ2v) is 7.86. The van der Waals surface area contributed by atoms with Crippen LogP contribution in [0.3, 0.4) is 0 Å². The van der Waals surface area contributed by atoms with E-state index in [1.165, 1.54) is 0 Å². The van der Waals surface area contributed by atoms with Crippen molar-refractivity contribution in [2.45, 2.75) is 77.5 Å². The van der Waals surface area contributed by atoms with Gasteiger partial charge in [-0.25, -0.2) is 4.79 Å². The summed E-state index contributed by atoms with van der Waals surface area (Å²) in [6.45, 7) is 6.37. The van der Waals surface area contributed by atoms with Gasteiger partial charge in [0, 0.05) is 6.42 Å². The number of rotatable bonds is 15. The van der Waals surface area contributed by atoms with Crippen LogP contribution in [0.1, 0.15) is 53.4 Å². The zero-order valence-electron chi connectivity index (χ0n) is 19.0. The summed E-state index contributed by atoms with van der Waals surface area (Å²) in [6.07, 6.45) is 0.310. The fourth-order valence-corrected chi connectivity index (χ4v) is 2.72. The number of nitrogens with two attached hydrogens (primary N) is 1. The molecule has 0 rings (SSSR count). The highest BCUT2D eigenvalue weighted by Crippen LogP contribution is 2.11. The van der Waals surface area contributed by atoms with Gasteiger partial charge < -0.3 is 37.0 Å². The van der Waals surface area contributed by atoms with Crippen LogP contribution in [0.2, 0.25) is 0 Å². The molecule has 12 heteroatoms. The van der Waals surface area contributed by atoms with Gasteiger partial charge in [-0.3, -0.25) is 19.2 Å². The molecule has 3 amide bonds. The summed E-state index contributed by atoms with van der Waals surface area (Å²) in [5.74, 6) is -5.39.